The highest BCUT2D eigenvalue weighted by molar-refractivity contribution is 7.26. The second-order valence-corrected chi connectivity index (χ2v) is 20.1. The van der Waals surface area contributed by atoms with E-state index in [0.29, 0.717) is 0 Å². The van der Waals surface area contributed by atoms with Crippen LogP contribution in [0.5, 0.6) is 0 Å². The molecule has 0 nitrogen and oxygen atoms in total. The lowest BCUT2D eigenvalue weighted by Crippen LogP contribution is -2.39. The van der Waals surface area contributed by atoms with E-state index in [0.717, 1.165) is 0 Å². The minimum Gasteiger partial charge on any atom is -0.135 e. The van der Waals surface area contributed by atoms with Crippen LogP contribution in [0.3, 0.4) is 0 Å². The lowest BCUT2D eigenvalue weighted by molar-refractivity contribution is 1.52. The summed E-state index contributed by atoms with van der Waals surface area (Å²) in [5, 5.41) is 6.18. The van der Waals surface area contributed by atoms with E-state index in [4.69, 9.17) is 0 Å². The molecule has 0 saturated heterocycles. The number of hydrogen-bond donors (Lipinski definition) is 0. The Balaban J connectivity index is 2.40. The third-order valence-electron chi connectivity index (χ3n) is 4.78. The fraction of sp³-hybridized carbons (Fsp3) is 0.400. The molecule has 0 amide bonds. The molecule has 0 unspecified atom stereocenters. The lowest BCUT2D eigenvalue weighted by Gasteiger charge is -2.21. The molecule has 0 N–H and O–H groups in total. The third-order valence-corrected chi connectivity index (χ3v) is 10.2. The van der Waals surface area contributed by atoms with Gasteiger partial charge in [0.25, 0.3) is 0 Å². The Kier molecular flexibility index (Phi) is 3.90. The first kappa shape index (κ1) is 16.9. The van der Waals surface area contributed by atoms with Crippen LogP contribution in [-0.4, -0.2) is 16.1 Å². The van der Waals surface area contributed by atoms with Crippen molar-refractivity contribution in [3.63, 3.8) is 0 Å². The molecule has 0 aliphatic heterocycles. The molecule has 3 rings (SSSR count). The Bertz CT molecular complexity index is 831. The normalized spacial score (nSPS) is 13.2. The first-order valence-corrected chi connectivity index (χ1v) is 16.3. The zero-order valence-electron chi connectivity index (χ0n) is 15.7. The zero-order chi connectivity index (χ0) is 17.2. The molecule has 3 heteroatoms. The fourth-order valence-corrected chi connectivity index (χ4v) is 8.62. The Morgan fingerprint density at radius 3 is 1.26 bits per heavy atom. The molecule has 0 fully saturated rings. The summed E-state index contributed by atoms with van der Waals surface area (Å²) in [7, 11) is -2.61. The average molecular weight is 357 g/mol. The molecule has 3 aromatic rings. The number of aryl methyl sites for hydroxylation is 2. The minimum atomic E-state index is -1.30. The summed E-state index contributed by atoms with van der Waals surface area (Å²) in [6.07, 6.45) is 0. The summed E-state index contributed by atoms with van der Waals surface area (Å²) in [6.45, 7) is 19.3. The van der Waals surface area contributed by atoms with Crippen molar-refractivity contribution in [1.82, 2.24) is 0 Å². The molecule has 122 valence electrons. The van der Waals surface area contributed by atoms with Crippen LogP contribution >= 0.6 is 11.3 Å². The molecule has 0 aliphatic carbocycles. The SMILES string of the molecule is Cc1cc2sc3cc(C)c([Si](C)(C)C)cc3c2cc1[Si](C)(C)C. The van der Waals surface area contributed by atoms with Crippen molar-refractivity contribution in [1.29, 1.82) is 0 Å². The molecule has 0 atom stereocenters. The topological polar surface area (TPSA) is 0 Å². The monoisotopic (exact) mass is 356 g/mol. The number of benzene rings is 2. The van der Waals surface area contributed by atoms with E-state index < -0.39 is 16.1 Å². The first-order chi connectivity index (χ1) is 10.5. The van der Waals surface area contributed by atoms with E-state index >= 15 is 0 Å². The Hall–Kier alpha value is -0.906. The van der Waals surface area contributed by atoms with Gasteiger partial charge in [0.2, 0.25) is 0 Å². The standard InChI is InChI=1S/C20H28SSi2/c1-13-9-17-15(11-19(13)22(3,4)5)16-12-20(23(6,7)8)14(2)10-18(16)21-17/h9-12H,1-8H3. The van der Waals surface area contributed by atoms with Crippen molar-refractivity contribution in [2.24, 2.45) is 0 Å². The second-order valence-electron chi connectivity index (χ2n) is 8.93. The number of fused-ring (bicyclic) bond motifs is 3. The predicted octanol–water partition coefficient (Wildman–Crippen LogP) is 5.76. The van der Waals surface area contributed by atoms with Crippen molar-refractivity contribution < 1.29 is 0 Å². The Morgan fingerprint density at radius 1 is 0.609 bits per heavy atom. The van der Waals surface area contributed by atoms with E-state index in [1.54, 1.807) is 10.4 Å². The quantitative estimate of drug-likeness (QED) is 0.512. The Morgan fingerprint density at radius 2 is 0.957 bits per heavy atom. The number of rotatable bonds is 2. The van der Waals surface area contributed by atoms with Gasteiger partial charge in [0, 0.05) is 20.2 Å². The number of thiophene rings is 1. The van der Waals surface area contributed by atoms with E-state index in [1.165, 1.54) is 31.3 Å². The van der Waals surface area contributed by atoms with Gasteiger partial charge in [0.05, 0.1) is 16.1 Å². The van der Waals surface area contributed by atoms with Gasteiger partial charge in [-0.05, 0) is 26.0 Å². The van der Waals surface area contributed by atoms with Gasteiger partial charge >= 0.3 is 0 Å². The van der Waals surface area contributed by atoms with Crippen LogP contribution in [0.15, 0.2) is 24.3 Å². The van der Waals surface area contributed by atoms with Gasteiger partial charge in [-0.25, -0.2) is 0 Å². The van der Waals surface area contributed by atoms with Crippen LogP contribution in [0.1, 0.15) is 11.1 Å². The van der Waals surface area contributed by atoms with Crippen LogP contribution in [-0.2, 0) is 0 Å². The highest BCUT2D eigenvalue weighted by atomic mass is 32.1. The van der Waals surface area contributed by atoms with Crippen LogP contribution in [0, 0.1) is 13.8 Å². The van der Waals surface area contributed by atoms with Gasteiger partial charge in [0.1, 0.15) is 0 Å². The summed E-state index contributed by atoms with van der Waals surface area (Å²) in [5.74, 6) is 0. The van der Waals surface area contributed by atoms with Crippen molar-refractivity contribution in [2.75, 3.05) is 0 Å². The van der Waals surface area contributed by atoms with Crippen molar-refractivity contribution in [3.05, 3.63) is 35.4 Å². The molecule has 0 spiro atoms. The average Bonchev–Trinajstić information content (AvgIpc) is 2.70. The number of hydrogen-bond acceptors (Lipinski definition) is 1. The van der Waals surface area contributed by atoms with Crippen LogP contribution in [0.4, 0.5) is 0 Å². The van der Waals surface area contributed by atoms with Gasteiger partial charge < -0.3 is 0 Å². The van der Waals surface area contributed by atoms with Gasteiger partial charge in [0.15, 0.2) is 0 Å². The third kappa shape index (κ3) is 2.95. The summed E-state index contributed by atoms with van der Waals surface area (Å²) in [4.78, 5) is 0. The zero-order valence-corrected chi connectivity index (χ0v) is 18.5. The molecule has 1 aromatic heterocycles. The molecule has 0 bridgehead atoms. The van der Waals surface area contributed by atoms with Crippen molar-refractivity contribution >= 4 is 58.0 Å². The van der Waals surface area contributed by atoms with Crippen molar-refractivity contribution in [2.45, 2.75) is 53.1 Å². The van der Waals surface area contributed by atoms with Gasteiger partial charge in [-0.2, -0.15) is 0 Å². The lowest BCUT2D eigenvalue weighted by atomic mass is 10.1. The maximum Gasteiger partial charge on any atom is 0.0779 e. The first-order valence-electron chi connectivity index (χ1n) is 8.47. The van der Waals surface area contributed by atoms with Crippen LogP contribution in [0.2, 0.25) is 39.3 Å². The van der Waals surface area contributed by atoms with Crippen LogP contribution < -0.4 is 10.4 Å². The molecule has 2 aromatic carbocycles. The van der Waals surface area contributed by atoms with E-state index in [-0.39, 0.29) is 0 Å². The van der Waals surface area contributed by atoms with E-state index in [2.05, 4.69) is 77.4 Å². The highest BCUT2D eigenvalue weighted by Gasteiger charge is 2.23. The fourth-order valence-electron chi connectivity index (χ4n) is 3.69. The van der Waals surface area contributed by atoms with Gasteiger partial charge in [-0.15, -0.1) is 11.3 Å². The van der Waals surface area contributed by atoms with Gasteiger partial charge in [-0.3, -0.25) is 0 Å². The minimum absolute atomic E-state index is 1.30. The smallest absolute Gasteiger partial charge is 0.0779 e. The highest BCUT2D eigenvalue weighted by Crippen LogP contribution is 2.35. The summed E-state index contributed by atoms with van der Waals surface area (Å²) >= 11 is 1.96. The summed E-state index contributed by atoms with van der Waals surface area (Å²) in [6, 6.07) is 9.88. The molecular weight excluding hydrogens is 328 g/mol. The van der Waals surface area contributed by atoms with Crippen LogP contribution in [0.25, 0.3) is 20.2 Å². The maximum atomic E-state index is 2.51. The molecule has 0 radical (unpaired) electrons. The van der Waals surface area contributed by atoms with Gasteiger partial charge in [-0.1, -0.05) is 72.9 Å². The van der Waals surface area contributed by atoms with E-state index in [1.807, 2.05) is 11.3 Å². The molecule has 0 aliphatic rings. The maximum absolute atomic E-state index is 2.51. The molecule has 1 heterocycles. The summed E-state index contributed by atoms with van der Waals surface area (Å²) in [5.41, 5.74) is 2.95. The molecular formula is C20H28SSi2. The predicted molar refractivity (Wildman–Crippen MR) is 115 cm³/mol. The summed E-state index contributed by atoms with van der Waals surface area (Å²) < 4.78 is 2.90. The van der Waals surface area contributed by atoms with Crippen molar-refractivity contribution in [3.8, 4) is 0 Å². The molecule has 0 saturated carbocycles. The second kappa shape index (κ2) is 5.30. The Labute approximate surface area is 146 Å². The largest absolute Gasteiger partial charge is 0.135 e. The molecule has 23 heavy (non-hydrogen) atoms. The van der Waals surface area contributed by atoms with E-state index in [9.17, 15) is 0 Å².